The van der Waals surface area contributed by atoms with Crippen LogP contribution in [0.2, 0.25) is 0 Å². The monoisotopic (exact) mass is 493 g/mol. The van der Waals surface area contributed by atoms with Crippen LogP contribution in [0.25, 0.3) is 22.0 Å². The topological polar surface area (TPSA) is 22.1 Å². The van der Waals surface area contributed by atoms with Crippen molar-refractivity contribution in [2.75, 3.05) is 6.61 Å². The maximum absolute atomic E-state index is 15.2. The highest BCUT2D eigenvalue weighted by molar-refractivity contribution is 5.88. The van der Waals surface area contributed by atoms with E-state index in [9.17, 15) is 13.2 Å². The lowest BCUT2D eigenvalue weighted by molar-refractivity contribution is -0.153. The number of aryl methyl sites for hydroxylation is 3. The Balaban J connectivity index is 1.42. The van der Waals surface area contributed by atoms with Crippen LogP contribution in [0.15, 0.2) is 85.1 Å². The average molecular weight is 494 g/mol. The van der Waals surface area contributed by atoms with Gasteiger partial charge in [0.1, 0.15) is 11.6 Å². The Labute approximate surface area is 208 Å². The van der Waals surface area contributed by atoms with Crippen molar-refractivity contribution < 1.29 is 22.3 Å². The zero-order valence-corrected chi connectivity index (χ0v) is 20.0. The SMILES string of the molecule is C/C=C/CCc1ccc(-c2ccc3c(F)c(CCc4ccc(OCC(F)(F)F)cc4)ccc3c2)nc1. The lowest BCUT2D eigenvalue weighted by atomic mass is 9.98. The van der Waals surface area contributed by atoms with Gasteiger partial charge in [0.2, 0.25) is 0 Å². The van der Waals surface area contributed by atoms with Crippen LogP contribution in [0.1, 0.15) is 30.0 Å². The summed E-state index contributed by atoms with van der Waals surface area (Å²) in [6.07, 6.45) is 4.65. The summed E-state index contributed by atoms with van der Waals surface area (Å²) in [6.45, 7) is 0.684. The number of pyridine rings is 1. The van der Waals surface area contributed by atoms with Gasteiger partial charge in [-0.05, 0) is 78.9 Å². The highest BCUT2D eigenvalue weighted by Gasteiger charge is 2.28. The van der Waals surface area contributed by atoms with Gasteiger partial charge in [-0.3, -0.25) is 4.98 Å². The fourth-order valence-electron chi connectivity index (χ4n) is 4.05. The molecule has 0 radical (unpaired) electrons. The fourth-order valence-corrected chi connectivity index (χ4v) is 4.05. The first-order valence-electron chi connectivity index (χ1n) is 11.9. The van der Waals surface area contributed by atoms with Crippen LogP contribution in [-0.4, -0.2) is 17.8 Å². The van der Waals surface area contributed by atoms with Crippen molar-refractivity contribution >= 4 is 10.8 Å². The van der Waals surface area contributed by atoms with E-state index in [1.807, 2.05) is 43.5 Å². The summed E-state index contributed by atoms with van der Waals surface area (Å²) >= 11 is 0. The number of nitrogens with zero attached hydrogens (tertiary/aromatic N) is 1. The highest BCUT2D eigenvalue weighted by atomic mass is 19.4. The van der Waals surface area contributed by atoms with Crippen LogP contribution in [0.5, 0.6) is 5.75 Å². The molecule has 0 unspecified atom stereocenters. The molecule has 1 aromatic heterocycles. The number of fused-ring (bicyclic) bond motifs is 1. The molecule has 0 atom stereocenters. The minimum absolute atomic E-state index is 0.154. The Kier molecular flexibility index (Phi) is 8.04. The summed E-state index contributed by atoms with van der Waals surface area (Å²) in [4.78, 5) is 4.58. The molecule has 0 aliphatic carbocycles. The third kappa shape index (κ3) is 6.72. The van der Waals surface area contributed by atoms with E-state index in [2.05, 4.69) is 17.1 Å². The van der Waals surface area contributed by atoms with Crippen molar-refractivity contribution in [1.82, 2.24) is 4.98 Å². The van der Waals surface area contributed by atoms with Crippen LogP contribution >= 0.6 is 0 Å². The standard InChI is InChI=1S/C30H27F4NO/c1-2-3-4-5-22-9-17-28(35-19-22)25-13-16-27-24(18-25)12-11-23(29(27)31)10-6-21-7-14-26(15-8-21)36-20-30(32,33)34/h2-3,7-9,11-19H,4-6,10,20H2,1H3/b3-2+. The van der Waals surface area contributed by atoms with E-state index < -0.39 is 12.8 Å². The van der Waals surface area contributed by atoms with Crippen molar-refractivity contribution in [3.05, 3.63) is 108 Å². The van der Waals surface area contributed by atoms with Gasteiger partial charge < -0.3 is 4.74 Å². The molecule has 0 amide bonds. The number of aromatic nitrogens is 1. The van der Waals surface area contributed by atoms with Gasteiger partial charge in [-0.2, -0.15) is 13.2 Å². The average Bonchev–Trinajstić information content (AvgIpc) is 2.88. The van der Waals surface area contributed by atoms with Gasteiger partial charge in [0.15, 0.2) is 6.61 Å². The maximum atomic E-state index is 15.2. The molecule has 3 aromatic carbocycles. The van der Waals surface area contributed by atoms with E-state index in [0.29, 0.717) is 23.8 Å². The number of hydrogen-bond acceptors (Lipinski definition) is 2. The summed E-state index contributed by atoms with van der Waals surface area (Å²) in [5, 5.41) is 1.36. The van der Waals surface area contributed by atoms with E-state index in [-0.39, 0.29) is 11.6 Å². The summed E-state index contributed by atoms with van der Waals surface area (Å²) < 4.78 is 56.8. The van der Waals surface area contributed by atoms with Crippen molar-refractivity contribution in [3.8, 4) is 17.0 Å². The first kappa shape index (κ1) is 25.4. The predicted molar refractivity (Wildman–Crippen MR) is 136 cm³/mol. The molecule has 0 saturated heterocycles. The molecule has 0 saturated carbocycles. The van der Waals surface area contributed by atoms with Crippen molar-refractivity contribution in [3.63, 3.8) is 0 Å². The maximum Gasteiger partial charge on any atom is 0.422 e. The van der Waals surface area contributed by atoms with Gasteiger partial charge in [0, 0.05) is 17.1 Å². The van der Waals surface area contributed by atoms with Gasteiger partial charge in [-0.25, -0.2) is 4.39 Å². The molecule has 36 heavy (non-hydrogen) atoms. The molecule has 4 rings (SSSR count). The molecular formula is C30H27F4NO. The Morgan fingerprint density at radius 2 is 1.64 bits per heavy atom. The Morgan fingerprint density at radius 3 is 2.33 bits per heavy atom. The summed E-state index contributed by atoms with van der Waals surface area (Å²) in [5.41, 5.74) is 4.44. The molecule has 4 aromatic rings. The van der Waals surface area contributed by atoms with Gasteiger partial charge in [-0.1, -0.05) is 54.6 Å². The van der Waals surface area contributed by atoms with Crippen molar-refractivity contribution in [1.29, 1.82) is 0 Å². The van der Waals surface area contributed by atoms with E-state index in [1.165, 1.54) is 17.7 Å². The molecule has 0 fully saturated rings. The smallest absolute Gasteiger partial charge is 0.422 e. The van der Waals surface area contributed by atoms with Crippen LogP contribution in [0, 0.1) is 5.82 Å². The molecule has 0 aliphatic heterocycles. The van der Waals surface area contributed by atoms with E-state index in [1.54, 1.807) is 24.3 Å². The number of ether oxygens (including phenoxy) is 1. The summed E-state index contributed by atoms with van der Waals surface area (Å²) in [7, 11) is 0. The van der Waals surface area contributed by atoms with Crippen LogP contribution in [-0.2, 0) is 19.3 Å². The van der Waals surface area contributed by atoms with Gasteiger partial charge in [0.05, 0.1) is 5.69 Å². The molecule has 1 heterocycles. The predicted octanol–water partition coefficient (Wildman–Crippen LogP) is 8.28. The minimum Gasteiger partial charge on any atom is -0.484 e. The lowest BCUT2D eigenvalue weighted by Gasteiger charge is -2.11. The Bertz CT molecular complexity index is 1330. The molecule has 186 valence electrons. The van der Waals surface area contributed by atoms with Gasteiger partial charge in [-0.15, -0.1) is 0 Å². The summed E-state index contributed by atoms with van der Waals surface area (Å²) in [5.74, 6) is -0.0991. The number of hydrogen-bond donors (Lipinski definition) is 0. The van der Waals surface area contributed by atoms with E-state index in [0.717, 1.165) is 35.0 Å². The minimum atomic E-state index is -4.37. The molecular weight excluding hydrogens is 466 g/mol. The van der Waals surface area contributed by atoms with Crippen LogP contribution in [0.3, 0.4) is 0 Å². The molecule has 0 spiro atoms. The van der Waals surface area contributed by atoms with Crippen molar-refractivity contribution in [2.45, 2.75) is 38.8 Å². The number of halogens is 4. The highest BCUT2D eigenvalue weighted by Crippen LogP contribution is 2.28. The van der Waals surface area contributed by atoms with E-state index in [4.69, 9.17) is 4.74 Å². The Hall–Kier alpha value is -3.67. The van der Waals surface area contributed by atoms with Crippen LogP contribution in [0.4, 0.5) is 17.6 Å². The van der Waals surface area contributed by atoms with Gasteiger partial charge >= 0.3 is 6.18 Å². The molecule has 0 N–H and O–H groups in total. The molecule has 2 nitrogen and oxygen atoms in total. The number of benzene rings is 3. The lowest BCUT2D eigenvalue weighted by Crippen LogP contribution is -2.19. The first-order chi connectivity index (χ1) is 17.3. The fraction of sp³-hybridized carbons (Fsp3) is 0.233. The van der Waals surface area contributed by atoms with Crippen molar-refractivity contribution in [2.24, 2.45) is 0 Å². The van der Waals surface area contributed by atoms with E-state index >= 15 is 4.39 Å². The largest absolute Gasteiger partial charge is 0.484 e. The first-order valence-corrected chi connectivity index (χ1v) is 11.9. The second-order valence-electron chi connectivity index (χ2n) is 8.68. The second-order valence-corrected chi connectivity index (χ2v) is 8.68. The normalized spacial score (nSPS) is 11.9. The quantitative estimate of drug-likeness (QED) is 0.173. The second kappa shape index (κ2) is 11.4. The Morgan fingerprint density at radius 1 is 0.861 bits per heavy atom. The zero-order chi connectivity index (χ0) is 25.5. The number of rotatable bonds is 9. The molecule has 6 heteroatoms. The van der Waals surface area contributed by atoms with Gasteiger partial charge in [0.25, 0.3) is 0 Å². The molecule has 0 bridgehead atoms. The molecule has 0 aliphatic rings. The number of allylic oxidation sites excluding steroid dienone is 2. The third-order valence-electron chi connectivity index (χ3n) is 6.00. The third-order valence-corrected chi connectivity index (χ3v) is 6.00. The zero-order valence-electron chi connectivity index (χ0n) is 20.0. The summed E-state index contributed by atoms with van der Waals surface area (Å²) in [6, 6.07) is 19.8. The van der Waals surface area contributed by atoms with Crippen LogP contribution < -0.4 is 4.74 Å². The number of alkyl halides is 3.